The average Bonchev–Trinajstić information content (AvgIpc) is 2.23. The van der Waals surface area contributed by atoms with Crippen molar-refractivity contribution in [2.24, 2.45) is 11.7 Å². The van der Waals surface area contributed by atoms with Crippen molar-refractivity contribution >= 4 is 0 Å². The summed E-state index contributed by atoms with van der Waals surface area (Å²) in [7, 11) is 0. The van der Waals surface area contributed by atoms with Crippen LogP contribution in [-0.4, -0.2) is 6.04 Å². The van der Waals surface area contributed by atoms with E-state index in [-0.39, 0.29) is 0 Å². The van der Waals surface area contributed by atoms with Crippen LogP contribution in [0.4, 0.5) is 0 Å². The maximum Gasteiger partial charge on any atom is 0.00820 e. The van der Waals surface area contributed by atoms with E-state index in [4.69, 9.17) is 5.73 Å². The molecule has 0 bridgehead atoms. The lowest BCUT2D eigenvalue weighted by atomic mass is 9.90. The standard InChI is InChI=1S/C16H27N/c1-6-11(2)9-15(17)10-16-13(4)7-12(3)8-14(16)5/h7-8,11,15H,6,9-10,17H2,1-5H3. The van der Waals surface area contributed by atoms with Crippen molar-refractivity contribution in [1.82, 2.24) is 0 Å². The summed E-state index contributed by atoms with van der Waals surface area (Å²) >= 11 is 0. The molecule has 1 rings (SSSR count). The van der Waals surface area contributed by atoms with Gasteiger partial charge >= 0.3 is 0 Å². The van der Waals surface area contributed by atoms with Gasteiger partial charge < -0.3 is 5.73 Å². The lowest BCUT2D eigenvalue weighted by Gasteiger charge is -2.19. The zero-order valence-corrected chi connectivity index (χ0v) is 12.0. The predicted octanol–water partition coefficient (Wildman–Crippen LogP) is 3.92. The van der Waals surface area contributed by atoms with Gasteiger partial charge in [0.15, 0.2) is 0 Å². The smallest absolute Gasteiger partial charge is 0.00820 e. The number of benzene rings is 1. The van der Waals surface area contributed by atoms with Crippen molar-refractivity contribution in [3.05, 3.63) is 34.4 Å². The van der Waals surface area contributed by atoms with Crippen molar-refractivity contribution in [2.75, 3.05) is 0 Å². The van der Waals surface area contributed by atoms with Gasteiger partial charge in [0, 0.05) is 6.04 Å². The first-order chi connectivity index (χ1) is 7.93. The molecule has 0 spiro atoms. The van der Waals surface area contributed by atoms with Crippen LogP contribution in [0.15, 0.2) is 12.1 Å². The van der Waals surface area contributed by atoms with Gasteiger partial charge in [0.1, 0.15) is 0 Å². The minimum atomic E-state index is 0.296. The highest BCUT2D eigenvalue weighted by atomic mass is 14.6. The molecular weight excluding hydrogens is 206 g/mol. The van der Waals surface area contributed by atoms with Crippen LogP contribution in [0.25, 0.3) is 0 Å². The molecule has 0 radical (unpaired) electrons. The Morgan fingerprint density at radius 1 is 1.12 bits per heavy atom. The zero-order valence-electron chi connectivity index (χ0n) is 12.0. The van der Waals surface area contributed by atoms with Crippen LogP contribution in [0.1, 0.15) is 48.9 Å². The van der Waals surface area contributed by atoms with Gasteiger partial charge in [-0.15, -0.1) is 0 Å². The molecule has 0 aliphatic heterocycles. The minimum Gasteiger partial charge on any atom is -0.327 e. The van der Waals surface area contributed by atoms with Crippen LogP contribution in [0.2, 0.25) is 0 Å². The Morgan fingerprint density at radius 3 is 2.12 bits per heavy atom. The maximum absolute atomic E-state index is 6.26. The molecule has 0 aliphatic rings. The van der Waals surface area contributed by atoms with Crippen LogP contribution >= 0.6 is 0 Å². The maximum atomic E-state index is 6.26. The molecule has 1 aromatic carbocycles. The van der Waals surface area contributed by atoms with E-state index < -0.39 is 0 Å². The summed E-state index contributed by atoms with van der Waals surface area (Å²) in [4.78, 5) is 0. The molecule has 1 aromatic rings. The first kappa shape index (κ1) is 14.2. The Hall–Kier alpha value is -0.820. The summed E-state index contributed by atoms with van der Waals surface area (Å²) in [5, 5.41) is 0. The minimum absolute atomic E-state index is 0.296. The van der Waals surface area contributed by atoms with E-state index in [0.29, 0.717) is 6.04 Å². The van der Waals surface area contributed by atoms with Crippen molar-refractivity contribution < 1.29 is 0 Å². The lowest BCUT2D eigenvalue weighted by Crippen LogP contribution is -2.26. The highest BCUT2D eigenvalue weighted by Gasteiger charge is 2.11. The van der Waals surface area contributed by atoms with Gasteiger partial charge in [-0.1, -0.05) is 38.0 Å². The van der Waals surface area contributed by atoms with E-state index >= 15 is 0 Å². The number of rotatable bonds is 5. The number of hydrogen-bond acceptors (Lipinski definition) is 1. The molecule has 0 saturated carbocycles. The fraction of sp³-hybridized carbons (Fsp3) is 0.625. The Bertz CT molecular complexity index is 345. The Morgan fingerprint density at radius 2 is 1.65 bits per heavy atom. The highest BCUT2D eigenvalue weighted by molar-refractivity contribution is 5.37. The Balaban J connectivity index is 2.74. The summed E-state index contributed by atoms with van der Waals surface area (Å²) in [5.74, 6) is 0.732. The van der Waals surface area contributed by atoms with Gasteiger partial charge in [-0.3, -0.25) is 0 Å². The van der Waals surface area contributed by atoms with E-state index in [2.05, 4.69) is 46.8 Å². The molecule has 1 nitrogen and oxygen atoms in total. The van der Waals surface area contributed by atoms with Crippen LogP contribution in [0.5, 0.6) is 0 Å². The molecular formula is C16H27N. The molecule has 17 heavy (non-hydrogen) atoms. The van der Waals surface area contributed by atoms with Crippen LogP contribution < -0.4 is 5.73 Å². The third kappa shape index (κ3) is 4.16. The number of hydrogen-bond donors (Lipinski definition) is 1. The van der Waals surface area contributed by atoms with E-state index in [1.807, 2.05) is 0 Å². The second-order valence-corrected chi connectivity index (χ2v) is 5.59. The zero-order chi connectivity index (χ0) is 13.0. The highest BCUT2D eigenvalue weighted by Crippen LogP contribution is 2.20. The summed E-state index contributed by atoms with van der Waals surface area (Å²) in [6.45, 7) is 11.1. The third-order valence-corrected chi connectivity index (χ3v) is 3.71. The largest absolute Gasteiger partial charge is 0.327 e. The molecule has 0 aromatic heterocycles. The van der Waals surface area contributed by atoms with E-state index in [9.17, 15) is 0 Å². The van der Waals surface area contributed by atoms with Gasteiger partial charge in [-0.2, -0.15) is 0 Å². The topological polar surface area (TPSA) is 26.0 Å². The molecule has 96 valence electrons. The fourth-order valence-electron chi connectivity index (χ4n) is 2.56. The molecule has 0 amide bonds. The molecule has 0 aliphatic carbocycles. The third-order valence-electron chi connectivity index (χ3n) is 3.71. The quantitative estimate of drug-likeness (QED) is 0.819. The Labute approximate surface area is 106 Å². The van der Waals surface area contributed by atoms with Crippen molar-refractivity contribution in [3.8, 4) is 0 Å². The summed E-state index contributed by atoms with van der Waals surface area (Å²) in [6, 6.07) is 4.82. The van der Waals surface area contributed by atoms with Gasteiger partial charge in [-0.05, 0) is 56.2 Å². The van der Waals surface area contributed by atoms with Crippen molar-refractivity contribution in [3.63, 3.8) is 0 Å². The normalized spacial score (nSPS) is 14.7. The van der Waals surface area contributed by atoms with Crippen molar-refractivity contribution in [2.45, 2.75) is 59.9 Å². The lowest BCUT2D eigenvalue weighted by molar-refractivity contribution is 0.449. The van der Waals surface area contributed by atoms with Crippen LogP contribution in [-0.2, 0) is 6.42 Å². The first-order valence-electron chi connectivity index (χ1n) is 6.76. The van der Waals surface area contributed by atoms with Gasteiger partial charge in [0.25, 0.3) is 0 Å². The second kappa shape index (κ2) is 6.20. The molecule has 2 N–H and O–H groups in total. The fourth-order valence-corrected chi connectivity index (χ4v) is 2.56. The van der Waals surface area contributed by atoms with E-state index in [0.717, 1.165) is 18.8 Å². The molecule has 1 heteroatoms. The molecule has 0 fully saturated rings. The first-order valence-corrected chi connectivity index (χ1v) is 6.76. The van der Waals surface area contributed by atoms with Crippen LogP contribution in [0.3, 0.4) is 0 Å². The number of nitrogens with two attached hydrogens (primary N) is 1. The monoisotopic (exact) mass is 233 g/mol. The second-order valence-electron chi connectivity index (χ2n) is 5.59. The average molecular weight is 233 g/mol. The Kier molecular flexibility index (Phi) is 5.20. The molecule has 2 atom stereocenters. The van der Waals surface area contributed by atoms with Crippen molar-refractivity contribution in [1.29, 1.82) is 0 Å². The van der Waals surface area contributed by atoms with Gasteiger partial charge in [0.2, 0.25) is 0 Å². The molecule has 0 saturated heterocycles. The predicted molar refractivity (Wildman–Crippen MR) is 76.4 cm³/mol. The van der Waals surface area contributed by atoms with Gasteiger partial charge in [0.05, 0.1) is 0 Å². The number of aryl methyl sites for hydroxylation is 3. The summed E-state index contributed by atoms with van der Waals surface area (Å²) < 4.78 is 0. The SMILES string of the molecule is CCC(C)CC(N)Cc1c(C)cc(C)cc1C. The summed E-state index contributed by atoms with van der Waals surface area (Å²) in [5.41, 5.74) is 11.8. The van der Waals surface area contributed by atoms with Gasteiger partial charge in [-0.25, -0.2) is 0 Å². The molecule has 2 unspecified atom stereocenters. The van der Waals surface area contributed by atoms with E-state index in [1.54, 1.807) is 0 Å². The van der Waals surface area contributed by atoms with E-state index in [1.165, 1.54) is 28.7 Å². The van der Waals surface area contributed by atoms with Crippen LogP contribution in [0, 0.1) is 26.7 Å². The molecule has 0 heterocycles. The summed E-state index contributed by atoms with van der Waals surface area (Å²) in [6.07, 6.45) is 3.37.